The molecule has 1 heterocycles. The highest BCUT2D eigenvalue weighted by Crippen LogP contribution is 2.35. The van der Waals surface area contributed by atoms with Gasteiger partial charge in [-0.25, -0.2) is 0 Å². The van der Waals surface area contributed by atoms with Crippen LogP contribution in [-0.2, 0) is 4.79 Å². The fourth-order valence-electron chi connectivity index (χ4n) is 2.96. The first-order valence-electron chi connectivity index (χ1n) is 7.40. The third-order valence-electron chi connectivity index (χ3n) is 3.97. The summed E-state index contributed by atoms with van der Waals surface area (Å²) in [6.07, 6.45) is 4.57. The molecule has 0 aliphatic heterocycles. The molecule has 5 heteroatoms. The van der Waals surface area contributed by atoms with E-state index >= 15 is 0 Å². The molecule has 1 fully saturated rings. The Morgan fingerprint density at radius 2 is 2.00 bits per heavy atom. The SMILES string of the molecule is CC(=O)NC(c1nc(-c2ccccc2)no1)C1CCCC1. The van der Waals surface area contributed by atoms with Crippen LogP contribution >= 0.6 is 0 Å². The maximum atomic E-state index is 11.5. The minimum Gasteiger partial charge on any atom is -0.344 e. The summed E-state index contributed by atoms with van der Waals surface area (Å²) in [5, 5.41) is 7.02. The Labute approximate surface area is 123 Å². The number of rotatable bonds is 4. The van der Waals surface area contributed by atoms with Gasteiger partial charge in [-0.1, -0.05) is 48.3 Å². The molecule has 1 aliphatic carbocycles. The lowest BCUT2D eigenvalue weighted by molar-refractivity contribution is -0.120. The van der Waals surface area contributed by atoms with Crippen LogP contribution in [0.3, 0.4) is 0 Å². The molecule has 110 valence electrons. The van der Waals surface area contributed by atoms with Crippen LogP contribution in [0.25, 0.3) is 11.4 Å². The molecule has 0 radical (unpaired) electrons. The van der Waals surface area contributed by atoms with Crippen molar-refractivity contribution in [1.82, 2.24) is 15.5 Å². The molecule has 1 unspecified atom stereocenters. The molecular weight excluding hydrogens is 266 g/mol. The average Bonchev–Trinajstić information content (AvgIpc) is 3.17. The van der Waals surface area contributed by atoms with Crippen molar-refractivity contribution in [2.24, 2.45) is 5.92 Å². The highest BCUT2D eigenvalue weighted by molar-refractivity contribution is 5.73. The maximum Gasteiger partial charge on any atom is 0.249 e. The Morgan fingerprint density at radius 3 is 2.67 bits per heavy atom. The number of aromatic nitrogens is 2. The number of hydrogen-bond donors (Lipinski definition) is 1. The molecular formula is C16H19N3O2. The molecule has 1 aromatic heterocycles. The fourth-order valence-corrected chi connectivity index (χ4v) is 2.96. The largest absolute Gasteiger partial charge is 0.344 e. The number of nitrogens with one attached hydrogen (secondary N) is 1. The Hall–Kier alpha value is -2.17. The van der Waals surface area contributed by atoms with E-state index in [2.05, 4.69) is 15.5 Å². The molecule has 1 atom stereocenters. The standard InChI is InChI=1S/C16H19N3O2/c1-11(20)17-14(12-7-5-6-8-12)16-18-15(19-21-16)13-9-3-2-4-10-13/h2-4,9-10,12,14H,5-8H2,1H3,(H,17,20). The molecule has 1 aromatic carbocycles. The smallest absolute Gasteiger partial charge is 0.249 e. The minimum atomic E-state index is -0.171. The zero-order valence-corrected chi connectivity index (χ0v) is 12.1. The van der Waals surface area contributed by atoms with Crippen molar-refractivity contribution in [3.63, 3.8) is 0 Å². The first-order valence-corrected chi connectivity index (χ1v) is 7.40. The Balaban J connectivity index is 1.86. The van der Waals surface area contributed by atoms with Crippen LogP contribution in [-0.4, -0.2) is 16.0 Å². The molecule has 1 N–H and O–H groups in total. The summed E-state index contributed by atoms with van der Waals surface area (Å²) in [4.78, 5) is 15.9. The number of amides is 1. The van der Waals surface area contributed by atoms with E-state index in [1.165, 1.54) is 19.8 Å². The lowest BCUT2D eigenvalue weighted by Gasteiger charge is -2.20. The monoisotopic (exact) mass is 285 g/mol. The summed E-state index contributed by atoms with van der Waals surface area (Å²) < 4.78 is 5.42. The molecule has 1 aliphatic rings. The van der Waals surface area contributed by atoms with Crippen molar-refractivity contribution in [3.05, 3.63) is 36.2 Å². The molecule has 1 amide bonds. The van der Waals surface area contributed by atoms with Gasteiger partial charge in [-0.05, 0) is 18.8 Å². The van der Waals surface area contributed by atoms with Crippen molar-refractivity contribution in [1.29, 1.82) is 0 Å². The maximum absolute atomic E-state index is 11.5. The van der Waals surface area contributed by atoms with Crippen LogP contribution < -0.4 is 5.32 Å². The van der Waals surface area contributed by atoms with Crippen molar-refractivity contribution in [2.45, 2.75) is 38.6 Å². The summed E-state index contributed by atoms with van der Waals surface area (Å²) >= 11 is 0. The van der Waals surface area contributed by atoms with Crippen molar-refractivity contribution < 1.29 is 9.32 Å². The van der Waals surface area contributed by atoms with Gasteiger partial charge in [-0.2, -0.15) is 4.98 Å². The Bertz CT molecular complexity index is 603. The predicted molar refractivity (Wildman–Crippen MR) is 78.2 cm³/mol. The van der Waals surface area contributed by atoms with E-state index in [4.69, 9.17) is 4.52 Å². The number of carbonyl (C=O) groups excluding carboxylic acids is 1. The van der Waals surface area contributed by atoms with E-state index in [0.717, 1.165) is 18.4 Å². The second-order valence-corrected chi connectivity index (χ2v) is 5.54. The lowest BCUT2D eigenvalue weighted by atomic mass is 9.98. The molecule has 5 nitrogen and oxygen atoms in total. The van der Waals surface area contributed by atoms with Gasteiger partial charge in [-0.15, -0.1) is 0 Å². The van der Waals surface area contributed by atoms with Gasteiger partial charge in [0, 0.05) is 12.5 Å². The second kappa shape index (κ2) is 6.08. The van der Waals surface area contributed by atoms with Gasteiger partial charge >= 0.3 is 0 Å². The van der Waals surface area contributed by atoms with Crippen LogP contribution in [0.5, 0.6) is 0 Å². The summed E-state index contributed by atoms with van der Waals surface area (Å²) in [6.45, 7) is 1.52. The Morgan fingerprint density at radius 1 is 1.29 bits per heavy atom. The van der Waals surface area contributed by atoms with Crippen LogP contribution in [0.2, 0.25) is 0 Å². The van der Waals surface area contributed by atoms with Crippen LogP contribution in [0.4, 0.5) is 0 Å². The normalized spacial score (nSPS) is 16.8. The van der Waals surface area contributed by atoms with E-state index in [1.807, 2.05) is 30.3 Å². The van der Waals surface area contributed by atoms with E-state index in [-0.39, 0.29) is 11.9 Å². The number of nitrogens with zero attached hydrogens (tertiary/aromatic N) is 2. The summed E-state index contributed by atoms with van der Waals surface area (Å²) in [7, 11) is 0. The topological polar surface area (TPSA) is 68.0 Å². The predicted octanol–water partition coefficient (Wildman–Crippen LogP) is 3.10. The first kappa shape index (κ1) is 13.8. The zero-order valence-electron chi connectivity index (χ0n) is 12.1. The van der Waals surface area contributed by atoms with E-state index in [1.54, 1.807) is 0 Å². The van der Waals surface area contributed by atoms with E-state index in [0.29, 0.717) is 17.6 Å². The summed E-state index contributed by atoms with van der Waals surface area (Å²) in [6, 6.07) is 9.54. The van der Waals surface area contributed by atoms with Gasteiger partial charge in [-0.3, -0.25) is 4.79 Å². The first-order chi connectivity index (χ1) is 10.2. The number of benzene rings is 1. The molecule has 3 rings (SSSR count). The fraction of sp³-hybridized carbons (Fsp3) is 0.438. The highest BCUT2D eigenvalue weighted by atomic mass is 16.5. The lowest BCUT2D eigenvalue weighted by Crippen LogP contribution is -2.31. The number of carbonyl (C=O) groups is 1. The van der Waals surface area contributed by atoms with Crippen LogP contribution in [0.1, 0.15) is 44.5 Å². The van der Waals surface area contributed by atoms with Gasteiger partial charge in [0.2, 0.25) is 17.6 Å². The third kappa shape index (κ3) is 3.12. The molecule has 0 bridgehead atoms. The highest BCUT2D eigenvalue weighted by Gasteiger charge is 2.31. The molecule has 0 saturated heterocycles. The van der Waals surface area contributed by atoms with E-state index < -0.39 is 0 Å². The molecule has 2 aromatic rings. The van der Waals surface area contributed by atoms with Gasteiger partial charge in [0.15, 0.2) is 0 Å². The van der Waals surface area contributed by atoms with Crippen molar-refractivity contribution in [3.8, 4) is 11.4 Å². The molecule has 0 spiro atoms. The van der Waals surface area contributed by atoms with Crippen molar-refractivity contribution in [2.75, 3.05) is 0 Å². The zero-order chi connectivity index (χ0) is 14.7. The van der Waals surface area contributed by atoms with Crippen molar-refractivity contribution >= 4 is 5.91 Å². The van der Waals surface area contributed by atoms with Gasteiger partial charge in [0.05, 0.1) is 0 Å². The minimum absolute atomic E-state index is 0.0636. The Kier molecular flexibility index (Phi) is 3.99. The summed E-state index contributed by atoms with van der Waals surface area (Å²) in [5.74, 6) is 1.40. The van der Waals surface area contributed by atoms with Gasteiger partial charge < -0.3 is 9.84 Å². The van der Waals surface area contributed by atoms with Crippen LogP contribution in [0.15, 0.2) is 34.9 Å². The third-order valence-corrected chi connectivity index (χ3v) is 3.97. The second-order valence-electron chi connectivity index (χ2n) is 5.54. The molecule has 21 heavy (non-hydrogen) atoms. The van der Waals surface area contributed by atoms with Gasteiger partial charge in [0.25, 0.3) is 0 Å². The summed E-state index contributed by atoms with van der Waals surface area (Å²) in [5.41, 5.74) is 0.917. The van der Waals surface area contributed by atoms with E-state index in [9.17, 15) is 4.79 Å². The quantitative estimate of drug-likeness (QED) is 0.937. The number of hydrogen-bond acceptors (Lipinski definition) is 4. The van der Waals surface area contributed by atoms with Gasteiger partial charge in [0.1, 0.15) is 6.04 Å². The molecule has 1 saturated carbocycles. The average molecular weight is 285 g/mol. The van der Waals surface area contributed by atoms with Crippen LogP contribution in [0, 0.1) is 5.92 Å².